The molecule has 6 aromatic rings. The Kier molecular flexibility index (Phi) is 19.3. The fourth-order valence-electron chi connectivity index (χ4n) is 4.36. The fourth-order valence-corrected chi connectivity index (χ4v) is 8.97. The molecule has 0 amide bonds. The molecule has 6 rings (SSSR count). The van der Waals surface area contributed by atoms with Crippen molar-refractivity contribution >= 4 is 47.7 Å². The maximum absolute atomic E-state index is 7.50. The number of hydrogen-bond acceptors (Lipinski definition) is 0. The first-order valence-electron chi connectivity index (χ1n) is 13.0. The van der Waals surface area contributed by atoms with Crippen LogP contribution in [0.4, 0.5) is 0 Å². The van der Waals surface area contributed by atoms with Gasteiger partial charge in [0.05, 0.1) is 0 Å². The van der Waals surface area contributed by atoms with Crippen LogP contribution in [0.5, 0.6) is 0 Å². The first-order chi connectivity index (χ1) is 19.9. The van der Waals surface area contributed by atoms with E-state index in [1.165, 1.54) is 31.8 Å². The molecule has 43 heavy (non-hydrogen) atoms. The SMILES string of the molecule is [C-]#[O+].[Cl-].[Cl-].[H-].[Ir+3].c1ccc(P(c2ccccc2)c2ccccc2)cc1.c1ccc(P(c2ccccc2)c2ccccc2)cc1. The van der Waals surface area contributed by atoms with Gasteiger partial charge in [0.2, 0.25) is 0 Å². The Morgan fingerprint density at radius 2 is 0.419 bits per heavy atom. The summed E-state index contributed by atoms with van der Waals surface area (Å²) in [6.07, 6.45) is 0. The van der Waals surface area contributed by atoms with Crippen LogP contribution in [-0.2, 0) is 24.8 Å². The van der Waals surface area contributed by atoms with E-state index in [0.717, 1.165) is 0 Å². The maximum Gasteiger partial charge on any atom is 3.00 e. The Labute approximate surface area is 285 Å². The van der Waals surface area contributed by atoms with Crippen molar-refractivity contribution in [3.05, 3.63) is 189 Å². The van der Waals surface area contributed by atoms with Crippen molar-refractivity contribution in [2.24, 2.45) is 0 Å². The zero-order chi connectivity index (χ0) is 27.8. The minimum atomic E-state index is -0.446. The number of hydrogen-bond donors (Lipinski definition) is 0. The van der Waals surface area contributed by atoms with E-state index >= 15 is 0 Å². The van der Waals surface area contributed by atoms with Gasteiger partial charge in [-0.1, -0.05) is 182 Å². The molecule has 0 saturated carbocycles. The van der Waals surface area contributed by atoms with Crippen molar-refractivity contribution in [3.63, 3.8) is 0 Å². The van der Waals surface area contributed by atoms with Gasteiger partial charge in [-0.15, -0.1) is 0 Å². The summed E-state index contributed by atoms with van der Waals surface area (Å²) in [7, 11) is -0.892. The van der Waals surface area contributed by atoms with Crippen LogP contribution in [0, 0.1) is 6.65 Å². The van der Waals surface area contributed by atoms with Crippen LogP contribution in [0.1, 0.15) is 1.43 Å². The smallest absolute Gasteiger partial charge is 1.00 e. The van der Waals surface area contributed by atoms with Crippen molar-refractivity contribution in [1.29, 1.82) is 0 Å². The average Bonchev–Trinajstić information content (AvgIpc) is 3.06. The second kappa shape index (κ2) is 21.8. The molecule has 0 N–H and O–H groups in total. The minimum absolute atomic E-state index is 0. The van der Waals surface area contributed by atoms with Crippen LogP contribution >= 0.6 is 15.8 Å². The molecule has 0 fully saturated rings. The Morgan fingerprint density at radius 1 is 0.302 bits per heavy atom. The summed E-state index contributed by atoms with van der Waals surface area (Å²) in [5.41, 5.74) is 0. The van der Waals surface area contributed by atoms with Gasteiger partial charge in [0.25, 0.3) is 0 Å². The molecule has 1 nitrogen and oxygen atoms in total. The largest absolute Gasteiger partial charge is 3.00 e. The summed E-state index contributed by atoms with van der Waals surface area (Å²) < 4.78 is 7.50. The molecule has 0 radical (unpaired) electrons. The van der Waals surface area contributed by atoms with Crippen LogP contribution in [0.15, 0.2) is 182 Å². The van der Waals surface area contributed by atoms with Gasteiger partial charge < -0.3 is 26.2 Å². The molecular weight excluding hydrogens is 785 g/mol. The summed E-state index contributed by atoms with van der Waals surface area (Å²) >= 11 is 0. The van der Waals surface area contributed by atoms with Crippen LogP contribution < -0.4 is 56.6 Å². The molecule has 0 bridgehead atoms. The van der Waals surface area contributed by atoms with E-state index in [1.807, 2.05) is 0 Å². The average molecular weight is 817 g/mol. The predicted molar refractivity (Wildman–Crippen MR) is 175 cm³/mol. The van der Waals surface area contributed by atoms with Gasteiger partial charge in [0, 0.05) is 0 Å². The molecule has 0 spiro atoms. The second-order valence-electron chi connectivity index (χ2n) is 8.68. The van der Waals surface area contributed by atoms with Crippen molar-refractivity contribution in [3.8, 4) is 0 Å². The Bertz CT molecular complexity index is 1240. The van der Waals surface area contributed by atoms with E-state index in [2.05, 4.69) is 189 Å². The van der Waals surface area contributed by atoms with Crippen LogP contribution in [0.2, 0.25) is 0 Å². The number of halogens is 2. The van der Waals surface area contributed by atoms with Gasteiger partial charge in [0.15, 0.2) is 0 Å². The standard InChI is InChI=1S/2C18H15P.CO.2ClH.Ir.H/c2*1-4-10-16(11-5-1)19(17-12-6-2-7-13-17)18-14-8-3-9-15-18;1-2;;;;/h2*1-15H;;2*1H;;/q;;;;;+3;-1/p-2. The molecule has 0 heterocycles. The van der Waals surface area contributed by atoms with Crippen molar-refractivity contribution in [1.82, 2.24) is 0 Å². The van der Waals surface area contributed by atoms with Gasteiger partial charge in [0.1, 0.15) is 0 Å². The molecule has 6 heteroatoms. The molecule has 0 aliphatic carbocycles. The quantitative estimate of drug-likeness (QED) is 0.136. The summed E-state index contributed by atoms with van der Waals surface area (Å²) in [5.74, 6) is 0. The maximum atomic E-state index is 7.50. The molecule has 6 aromatic carbocycles. The van der Waals surface area contributed by atoms with E-state index in [1.54, 1.807) is 0 Å². The second-order valence-corrected chi connectivity index (χ2v) is 13.1. The molecule has 0 atom stereocenters. The van der Waals surface area contributed by atoms with Gasteiger partial charge >= 0.3 is 31.4 Å². The van der Waals surface area contributed by atoms with Crippen molar-refractivity contribution < 1.29 is 51.0 Å². The van der Waals surface area contributed by atoms with Crippen LogP contribution in [0.3, 0.4) is 0 Å². The molecule has 0 saturated heterocycles. The summed E-state index contributed by atoms with van der Waals surface area (Å²) in [4.78, 5) is 0. The Hall–Kier alpha value is -2.85. The van der Waals surface area contributed by atoms with Crippen LogP contribution in [0.25, 0.3) is 0 Å². The van der Waals surface area contributed by atoms with Gasteiger partial charge in [-0.3, -0.25) is 0 Å². The fraction of sp³-hybridized carbons (Fsp3) is 0. The van der Waals surface area contributed by atoms with E-state index < -0.39 is 15.8 Å². The van der Waals surface area contributed by atoms with Crippen molar-refractivity contribution in [2.45, 2.75) is 0 Å². The zero-order valence-electron chi connectivity index (χ0n) is 24.2. The molecule has 0 aliphatic heterocycles. The monoisotopic (exact) mass is 816 g/mol. The van der Waals surface area contributed by atoms with E-state index in [4.69, 9.17) is 4.65 Å². The summed E-state index contributed by atoms with van der Waals surface area (Å²) in [5, 5.41) is 8.39. The van der Waals surface area contributed by atoms with Crippen LogP contribution in [-0.4, -0.2) is 0 Å². The van der Waals surface area contributed by atoms with E-state index in [9.17, 15) is 0 Å². The van der Waals surface area contributed by atoms with E-state index in [0.29, 0.717) is 0 Å². The summed E-state index contributed by atoms with van der Waals surface area (Å²) in [6, 6.07) is 64.7. The first kappa shape index (κ1) is 38.2. The number of rotatable bonds is 6. The molecule has 0 unspecified atom stereocenters. The third-order valence-corrected chi connectivity index (χ3v) is 11.0. The molecule has 0 aromatic heterocycles. The minimum Gasteiger partial charge on any atom is -1.00 e. The molecule has 0 aliphatic rings. The Morgan fingerprint density at radius 3 is 0.535 bits per heavy atom. The third-order valence-electron chi connectivity index (χ3n) is 6.09. The zero-order valence-corrected chi connectivity index (χ0v) is 28.9. The normalized spacial score (nSPS) is 9.40. The number of benzene rings is 6. The van der Waals surface area contributed by atoms with Gasteiger partial charge in [-0.2, -0.15) is 0 Å². The van der Waals surface area contributed by atoms with Gasteiger partial charge in [-0.05, 0) is 47.7 Å². The van der Waals surface area contributed by atoms with Gasteiger partial charge in [-0.25, -0.2) is 0 Å². The molecule has 218 valence electrons. The van der Waals surface area contributed by atoms with Crippen molar-refractivity contribution in [2.75, 3.05) is 0 Å². The predicted octanol–water partition coefficient (Wildman–Crippen LogP) is 0.970. The first-order valence-corrected chi connectivity index (χ1v) is 15.7. The Balaban J connectivity index is 0.000000733. The van der Waals surface area contributed by atoms with E-state index in [-0.39, 0.29) is 46.3 Å². The topological polar surface area (TPSA) is 19.9 Å². The third kappa shape index (κ3) is 11.3. The molecular formula is C37H31Cl2IrOP2. The summed E-state index contributed by atoms with van der Waals surface area (Å²) in [6.45, 7) is 4.50.